The Morgan fingerprint density at radius 2 is 2.15 bits per heavy atom. The maximum absolute atomic E-state index is 13.1. The highest BCUT2D eigenvalue weighted by Gasteiger charge is 2.22. The molecular formula is C20H23N5O2. The average molecular weight is 365 g/mol. The van der Waals surface area contributed by atoms with Crippen molar-refractivity contribution >= 4 is 22.6 Å². The number of aromatic amines is 1. The number of aromatic nitrogens is 3. The van der Waals surface area contributed by atoms with Crippen LogP contribution in [0.3, 0.4) is 0 Å². The van der Waals surface area contributed by atoms with Crippen LogP contribution in [0.15, 0.2) is 36.8 Å². The Kier molecular flexibility index (Phi) is 4.87. The molecule has 1 fully saturated rings. The number of nitrogens with one attached hydrogen (secondary N) is 2. The molecule has 0 spiro atoms. The second-order valence-corrected chi connectivity index (χ2v) is 6.97. The number of aryl methyl sites for hydroxylation is 1. The first kappa shape index (κ1) is 17.6. The van der Waals surface area contributed by atoms with Crippen molar-refractivity contribution in [2.45, 2.75) is 31.9 Å². The number of rotatable bonds is 5. The Morgan fingerprint density at radius 1 is 1.30 bits per heavy atom. The number of nitrogens with zero attached hydrogens (tertiary/aromatic N) is 2. The van der Waals surface area contributed by atoms with Gasteiger partial charge < -0.3 is 20.8 Å². The van der Waals surface area contributed by atoms with Gasteiger partial charge in [0, 0.05) is 24.3 Å². The molecule has 1 saturated heterocycles. The molecule has 140 valence electrons. The predicted molar refractivity (Wildman–Crippen MR) is 104 cm³/mol. The van der Waals surface area contributed by atoms with Gasteiger partial charge in [-0.1, -0.05) is 24.3 Å². The van der Waals surface area contributed by atoms with E-state index in [0.29, 0.717) is 41.1 Å². The van der Waals surface area contributed by atoms with Gasteiger partial charge in [0.2, 0.25) is 0 Å². The average Bonchev–Trinajstić information content (AvgIpc) is 3.12. The summed E-state index contributed by atoms with van der Waals surface area (Å²) in [7, 11) is 0. The van der Waals surface area contributed by atoms with E-state index in [2.05, 4.69) is 20.3 Å². The lowest BCUT2D eigenvalue weighted by Crippen LogP contribution is -2.38. The highest BCUT2D eigenvalue weighted by atomic mass is 16.5. The zero-order valence-electron chi connectivity index (χ0n) is 15.2. The van der Waals surface area contributed by atoms with E-state index in [9.17, 15) is 4.79 Å². The van der Waals surface area contributed by atoms with Gasteiger partial charge in [-0.25, -0.2) is 9.97 Å². The van der Waals surface area contributed by atoms with Gasteiger partial charge in [-0.3, -0.25) is 4.79 Å². The fourth-order valence-corrected chi connectivity index (χ4v) is 3.45. The van der Waals surface area contributed by atoms with Crippen molar-refractivity contribution in [3.63, 3.8) is 0 Å². The monoisotopic (exact) mass is 365 g/mol. The zero-order valence-corrected chi connectivity index (χ0v) is 15.2. The third kappa shape index (κ3) is 3.56. The smallest absolute Gasteiger partial charge is 0.195 e. The van der Waals surface area contributed by atoms with E-state index < -0.39 is 0 Å². The summed E-state index contributed by atoms with van der Waals surface area (Å²) in [5, 5.41) is 4.04. The topological polar surface area (TPSA) is 106 Å². The Morgan fingerprint density at radius 3 is 2.93 bits per heavy atom. The van der Waals surface area contributed by atoms with E-state index in [4.69, 9.17) is 10.5 Å². The summed E-state index contributed by atoms with van der Waals surface area (Å²) in [5.41, 5.74) is 8.70. The SMILES string of the molecule is Cc1ccccc1C(=O)c1c[nH]c2ncnc(NC[C@@H]3CC[C@@H](N)CO3)c12. The summed E-state index contributed by atoms with van der Waals surface area (Å²) < 4.78 is 5.76. The molecule has 3 heterocycles. The molecule has 7 heteroatoms. The van der Waals surface area contributed by atoms with Crippen LogP contribution in [0.2, 0.25) is 0 Å². The first-order chi connectivity index (χ1) is 13.1. The standard InChI is InChI=1S/C20H23N5O2/c1-12-4-2-3-5-15(12)18(26)16-9-23-20-17(16)19(24-11-25-20)22-8-14-7-6-13(21)10-27-14/h2-5,9,11,13-14H,6-8,10,21H2,1H3,(H2,22,23,24,25)/t13-,14+/m1/s1. The Bertz CT molecular complexity index is 960. The third-order valence-electron chi connectivity index (χ3n) is 5.01. The van der Waals surface area contributed by atoms with Crippen molar-refractivity contribution in [3.05, 3.63) is 53.5 Å². The molecule has 0 unspecified atom stereocenters. The predicted octanol–water partition coefficient (Wildman–Crippen LogP) is 2.42. The van der Waals surface area contributed by atoms with Crippen LogP contribution in [-0.4, -0.2) is 46.0 Å². The fourth-order valence-electron chi connectivity index (χ4n) is 3.45. The molecule has 0 saturated carbocycles. The van der Waals surface area contributed by atoms with Crippen molar-refractivity contribution in [1.82, 2.24) is 15.0 Å². The summed E-state index contributed by atoms with van der Waals surface area (Å²) in [4.78, 5) is 24.8. The molecule has 27 heavy (non-hydrogen) atoms. The number of benzene rings is 1. The van der Waals surface area contributed by atoms with E-state index in [1.807, 2.05) is 31.2 Å². The molecule has 0 radical (unpaired) electrons. The summed E-state index contributed by atoms with van der Waals surface area (Å²) in [6.07, 6.45) is 5.14. The number of fused-ring (bicyclic) bond motifs is 1. The molecule has 0 aliphatic carbocycles. The molecule has 7 nitrogen and oxygen atoms in total. The van der Waals surface area contributed by atoms with Gasteiger partial charge in [0.25, 0.3) is 0 Å². The van der Waals surface area contributed by atoms with Crippen LogP contribution < -0.4 is 11.1 Å². The largest absolute Gasteiger partial charge is 0.375 e. The highest BCUT2D eigenvalue weighted by molar-refractivity contribution is 6.18. The van der Waals surface area contributed by atoms with Crippen molar-refractivity contribution in [3.8, 4) is 0 Å². The number of carbonyl (C=O) groups excluding carboxylic acids is 1. The number of carbonyl (C=O) groups is 1. The van der Waals surface area contributed by atoms with Gasteiger partial charge in [-0.15, -0.1) is 0 Å². The van der Waals surface area contributed by atoms with Gasteiger partial charge in [0.05, 0.1) is 23.7 Å². The molecule has 1 aliphatic rings. The molecule has 1 aromatic carbocycles. The minimum atomic E-state index is -0.0444. The lowest BCUT2D eigenvalue weighted by molar-refractivity contribution is 0.0137. The number of ketones is 1. The van der Waals surface area contributed by atoms with Crippen LogP contribution in [0.5, 0.6) is 0 Å². The summed E-state index contributed by atoms with van der Waals surface area (Å²) in [6, 6.07) is 7.69. The minimum absolute atomic E-state index is 0.0444. The zero-order chi connectivity index (χ0) is 18.8. The van der Waals surface area contributed by atoms with Gasteiger partial charge >= 0.3 is 0 Å². The molecule has 4 rings (SSSR count). The van der Waals surface area contributed by atoms with Crippen molar-refractivity contribution in [1.29, 1.82) is 0 Å². The quantitative estimate of drug-likeness (QED) is 0.600. The molecule has 0 amide bonds. The normalized spacial score (nSPS) is 19.9. The van der Waals surface area contributed by atoms with Crippen LogP contribution in [0.4, 0.5) is 5.82 Å². The first-order valence-corrected chi connectivity index (χ1v) is 9.17. The number of hydrogen-bond acceptors (Lipinski definition) is 6. The van der Waals surface area contributed by atoms with E-state index in [-0.39, 0.29) is 17.9 Å². The Labute approximate surface area is 157 Å². The second-order valence-electron chi connectivity index (χ2n) is 6.97. The Hall–Kier alpha value is -2.77. The molecule has 4 N–H and O–H groups in total. The summed E-state index contributed by atoms with van der Waals surface area (Å²) in [5.74, 6) is 0.591. The van der Waals surface area contributed by atoms with E-state index in [0.717, 1.165) is 18.4 Å². The highest BCUT2D eigenvalue weighted by Crippen LogP contribution is 2.26. The van der Waals surface area contributed by atoms with Gasteiger partial charge in [-0.2, -0.15) is 0 Å². The first-order valence-electron chi connectivity index (χ1n) is 9.17. The van der Waals surface area contributed by atoms with Gasteiger partial charge in [-0.05, 0) is 25.3 Å². The van der Waals surface area contributed by atoms with Crippen LogP contribution in [0.25, 0.3) is 11.0 Å². The lowest BCUT2D eigenvalue weighted by Gasteiger charge is -2.27. The maximum atomic E-state index is 13.1. The lowest BCUT2D eigenvalue weighted by atomic mass is 9.99. The molecular weight excluding hydrogens is 342 g/mol. The number of anilines is 1. The summed E-state index contributed by atoms with van der Waals surface area (Å²) in [6.45, 7) is 3.12. The second kappa shape index (κ2) is 7.46. The van der Waals surface area contributed by atoms with E-state index in [1.165, 1.54) is 6.33 Å². The van der Waals surface area contributed by atoms with Crippen molar-refractivity contribution in [2.75, 3.05) is 18.5 Å². The summed E-state index contributed by atoms with van der Waals surface area (Å²) >= 11 is 0. The van der Waals surface area contributed by atoms with Gasteiger partial charge in [0.1, 0.15) is 17.8 Å². The molecule has 2 atom stereocenters. The minimum Gasteiger partial charge on any atom is -0.375 e. The number of ether oxygens (including phenoxy) is 1. The molecule has 3 aromatic rings. The van der Waals surface area contributed by atoms with E-state index in [1.54, 1.807) is 6.20 Å². The van der Waals surface area contributed by atoms with Crippen LogP contribution in [0.1, 0.15) is 34.3 Å². The van der Waals surface area contributed by atoms with Crippen LogP contribution >= 0.6 is 0 Å². The maximum Gasteiger partial charge on any atom is 0.195 e. The van der Waals surface area contributed by atoms with Crippen LogP contribution in [0, 0.1) is 6.92 Å². The van der Waals surface area contributed by atoms with E-state index >= 15 is 0 Å². The van der Waals surface area contributed by atoms with Gasteiger partial charge in [0.15, 0.2) is 5.78 Å². The molecule has 2 aromatic heterocycles. The number of hydrogen-bond donors (Lipinski definition) is 3. The number of H-pyrrole nitrogens is 1. The third-order valence-corrected chi connectivity index (χ3v) is 5.01. The van der Waals surface area contributed by atoms with Crippen molar-refractivity contribution < 1.29 is 9.53 Å². The Balaban J connectivity index is 1.62. The fraction of sp³-hybridized carbons (Fsp3) is 0.350. The van der Waals surface area contributed by atoms with Crippen molar-refractivity contribution in [2.24, 2.45) is 5.73 Å². The van der Waals surface area contributed by atoms with Crippen LogP contribution in [-0.2, 0) is 4.74 Å². The molecule has 0 bridgehead atoms. The number of nitrogens with two attached hydrogens (primary N) is 1. The molecule has 1 aliphatic heterocycles.